The first-order valence-corrected chi connectivity index (χ1v) is 10.9. The fourth-order valence-corrected chi connectivity index (χ4v) is 5.40. The van der Waals surface area contributed by atoms with Crippen molar-refractivity contribution in [2.75, 3.05) is 38.5 Å². The van der Waals surface area contributed by atoms with E-state index in [0.717, 1.165) is 18.4 Å². The summed E-state index contributed by atoms with van der Waals surface area (Å²) in [5, 5.41) is 0. The molecule has 1 aliphatic rings. The summed E-state index contributed by atoms with van der Waals surface area (Å²) in [6.45, 7) is 3.02. The van der Waals surface area contributed by atoms with Gasteiger partial charge in [-0.25, -0.2) is 17.2 Å². The molecule has 3 rings (SSSR count). The van der Waals surface area contributed by atoms with Crippen molar-refractivity contribution in [3.63, 3.8) is 0 Å². The van der Waals surface area contributed by atoms with Gasteiger partial charge < -0.3 is 4.90 Å². The fraction of sp³-hybridized carbons (Fsp3) is 0.333. The Labute approximate surface area is 156 Å². The van der Waals surface area contributed by atoms with Gasteiger partial charge in [0.05, 0.1) is 37.6 Å². The Hall–Kier alpha value is -1.48. The van der Waals surface area contributed by atoms with E-state index in [1.165, 1.54) is 45.2 Å². The van der Waals surface area contributed by atoms with Crippen molar-refractivity contribution < 1.29 is 22.1 Å². The number of halogens is 2. The number of benzene rings is 2. The molecule has 0 saturated carbocycles. The third-order valence-electron chi connectivity index (χ3n) is 4.41. The molecule has 26 heavy (non-hydrogen) atoms. The molecule has 0 aromatic heterocycles. The number of rotatable bonds is 6. The van der Waals surface area contributed by atoms with Crippen molar-refractivity contribution in [2.45, 2.75) is 9.79 Å². The molecule has 0 spiro atoms. The third kappa shape index (κ3) is 4.62. The molecule has 4 nitrogen and oxygen atoms in total. The van der Waals surface area contributed by atoms with E-state index >= 15 is 0 Å². The zero-order valence-corrected chi connectivity index (χ0v) is 15.8. The minimum Gasteiger partial charge on any atom is -0.332 e. The number of quaternary nitrogens is 1. The SMILES string of the molecule is O=S(=O)(c1cccc(F)c1)N1CC[NH+](CCSc2ccccc2F)CC1. The van der Waals surface area contributed by atoms with Gasteiger partial charge in [0.15, 0.2) is 0 Å². The Balaban J connectivity index is 1.50. The molecule has 0 unspecified atom stereocenters. The molecule has 2 aromatic carbocycles. The molecular formula is C18H21F2N2O2S2+. The van der Waals surface area contributed by atoms with E-state index in [1.54, 1.807) is 12.1 Å². The van der Waals surface area contributed by atoms with Crippen molar-refractivity contribution in [2.24, 2.45) is 0 Å². The highest BCUT2D eigenvalue weighted by molar-refractivity contribution is 7.99. The van der Waals surface area contributed by atoms with Gasteiger partial charge >= 0.3 is 0 Å². The van der Waals surface area contributed by atoms with E-state index in [1.807, 2.05) is 6.07 Å². The highest BCUT2D eigenvalue weighted by Gasteiger charge is 2.30. The van der Waals surface area contributed by atoms with Gasteiger partial charge in [-0.15, -0.1) is 11.8 Å². The van der Waals surface area contributed by atoms with Crippen molar-refractivity contribution in [3.05, 3.63) is 60.2 Å². The number of hydrogen-bond donors (Lipinski definition) is 1. The lowest BCUT2D eigenvalue weighted by molar-refractivity contribution is -0.901. The summed E-state index contributed by atoms with van der Waals surface area (Å²) >= 11 is 1.48. The second-order valence-electron chi connectivity index (χ2n) is 6.14. The van der Waals surface area contributed by atoms with Crippen LogP contribution in [0.2, 0.25) is 0 Å². The Morgan fingerprint density at radius 2 is 1.77 bits per heavy atom. The van der Waals surface area contributed by atoms with Gasteiger partial charge in [-0.3, -0.25) is 0 Å². The predicted molar refractivity (Wildman–Crippen MR) is 97.8 cm³/mol. The van der Waals surface area contributed by atoms with Crippen LogP contribution in [-0.2, 0) is 10.0 Å². The summed E-state index contributed by atoms with van der Waals surface area (Å²) in [7, 11) is -3.65. The second-order valence-corrected chi connectivity index (χ2v) is 9.22. The Bertz CT molecular complexity index is 854. The quantitative estimate of drug-likeness (QED) is 0.751. The Morgan fingerprint density at radius 1 is 1.04 bits per heavy atom. The summed E-state index contributed by atoms with van der Waals surface area (Å²) in [6, 6.07) is 11.8. The first-order valence-electron chi connectivity index (χ1n) is 8.43. The van der Waals surface area contributed by atoms with E-state index in [4.69, 9.17) is 0 Å². The van der Waals surface area contributed by atoms with Crippen molar-refractivity contribution in [3.8, 4) is 0 Å². The van der Waals surface area contributed by atoms with Crippen LogP contribution in [0.3, 0.4) is 0 Å². The zero-order chi connectivity index (χ0) is 18.6. The van der Waals surface area contributed by atoms with Gasteiger partial charge in [-0.05, 0) is 30.3 Å². The number of nitrogens with one attached hydrogen (secondary N) is 1. The maximum atomic E-state index is 13.6. The Kier molecular flexibility index (Phi) is 6.29. The highest BCUT2D eigenvalue weighted by Crippen LogP contribution is 2.20. The molecule has 0 radical (unpaired) electrons. The molecule has 1 fully saturated rings. The van der Waals surface area contributed by atoms with Gasteiger partial charge in [-0.2, -0.15) is 4.31 Å². The maximum absolute atomic E-state index is 13.6. The van der Waals surface area contributed by atoms with E-state index in [0.29, 0.717) is 31.1 Å². The van der Waals surface area contributed by atoms with Gasteiger partial charge in [0.25, 0.3) is 0 Å². The number of nitrogens with zero attached hydrogens (tertiary/aromatic N) is 1. The lowest BCUT2D eigenvalue weighted by Crippen LogP contribution is -3.15. The topological polar surface area (TPSA) is 41.8 Å². The van der Waals surface area contributed by atoms with Crippen LogP contribution in [-0.4, -0.2) is 51.2 Å². The minimum atomic E-state index is -3.65. The van der Waals surface area contributed by atoms with E-state index in [9.17, 15) is 17.2 Å². The average molecular weight is 400 g/mol. The predicted octanol–water partition coefficient (Wildman–Crippen LogP) is 1.65. The average Bonchev–Trinajstić information content (AvgIpc) is 2.64. The summed E-state index contributed by atoms with van der Waals surface area (Å²) < 4.78 is 53.5. The van der Waals surface area contributed by atoms with E-state index in [2.05, 4.69) is 0 Å². The third-order valence-corrected chi connectivity index (χ3v) is 7.36. The van der Waals surface area contributed by atoms with Gasteiger partial charge in [0.1, 0.15) is 11.6 Å². The number of thioether (sulfide) groups is 1. The molecule has 8 heteroatoms. The first kappa shape index (κ1) is 19.3. The van der Waals surface area contributed by atoms with Crippen LogP contribution in [0, 0.1) is 11.6 Å². The first-order chi connectivity index (χ1) is 12.5. The molecule has 0 bridgehead atoms. The molecule has 1 saturated heterocycles. The lowest BCUT2D eigenvalue weighted by Gasteiger charge is -2.31. The summed E-state index contributed by atoms with van der Waals surface area (Å²) in [4.78, 5) is 1.93. The monoisotopic (exact) mass is 399 g/mol. The van der Waals surface area contributed by atoms with Crippen molar-refractivity contribution in [1.29, 1.82) is 0 Å². The molecule has 0 amide bonds. The van der Waals surface area contributed by atoms with Crippen LogP contribution in [0.25, 0.3) is 0 Å². The highest BCUT2D eigenvalue weighted by atomic mass is 32.2. The van der Waals surface area contributed by atoms with Crippen LogP contribution < -0.4 is 4.90 Å². The van der Waals surface area contributed by atoms with E-state index in [-0.39, 0.29) is 10.7 Å². The maximum Gasteiger partial charge on any atom is 0.243 e. The van der Waals surface area contributed by atoms with Gasteiger partial charge in [0.2, 0.25) is 10.0 Å². The van der Waals surface area contributed by atoms with Crippen LogP contribution in [0.15, 0.2) is 58.3 Å². The number of hydrogen-bond acceptors (Lipinski definition) is 3. The molecule has 2 aromatic rings. The molecular weight excluding hydrogens is 378 g/mol. The lowest BCUT2D eigenvalue weighted by atomic mass is 10.3. The second kappa shape index (κ2) is 8.47. The zero-order valence-electron chi connectivity index (χ0n) is 14.2. The molecule has 1 N–H and O–H groups in total. The van der Waals surface area contributed by atoms with Gasteiger partial charge in [-0.1, -0.05) is 18.2 Å². The molecule has 1 heterocycles. The smallest absolute Gasteiger partial charge is 0.243 e. The Morgan fingerprint density at radius 3 is 2.46 bits per heavy atom. The summed E-state index contributed by atoms with van der Waals surface area (Å²) in [6.07, 6.45) is 0. The normalized spacial score (nSPS) is 16.7. The summed E-state index contributed by atoms with van der Waals surface area (Å²) in [5.41, 5.74) is 0. The fourth-order valence-electron chi connectivity index (χ4n) is 2.94. The van der Waals surface area contributed by atoms with Crippen molar-refractivity contribution in [1.82, 2.24) is 4.31 Å². The molecule has 0 aliphatic carbocycles. The van der Waals surface area contributed by atoms with Crippen LogP contribution in [0.4, 0.5) is 8.78 Å². The number of piperazine rings is 1. The molecule has 0 atom stereocenters. The van der Waals surface area contributed by atoms with Crippen LogP contribution in [0.5, 0.6) is 0 Å². The summed E-state index contributed by atoms with van der Waals surface area (Å²) in [5.74, 6) is 0.00594. The minimum absolute atomic E-state index is 0.00365. The number of sulfonamides is 1. The van der Waals surface area contributed by atoms with Crippen LogP contribution in [0.1, 0.15) is 0 Å². The largest absolute Gasteiger partial charge is 0.332 e. The van der Waals surface area contributed by atoms with Crippen LogP contribution >= 0.6 is 11.8 Å². The van der Waals surface area contributed by atoms with Gasteiger partial charge in [0, 0.05) is 10.6 Å². The van der Waals surface area contributed by atoms with Crippen molar-refractivity contribution >= 4 is 21.8 Å². The molecule has 1 aliphatic heterocycles. The molecule has 140 valence electrons. The van der Waals surface area contributed by atoms with E-state index < -0.39 is 15.8 Å². The standard InChI is InChI=1S/C18H20F2N2O2S2/c19-15-4-3-5-16(14-15)26(23,24)22-10-8-21(9-11-22)12-13-25-18-7-2-1-6-17(18)20/h1-7,14H,8-13H2/p+1.